The molecule has 3 aromatic heterocycles. The van der Waals surface area contributed by atoms with Gasteiger partial charge < -0.3 is 4.42 Å². The van der Waals surface area contributed by atoms with Crippen LogP contribution in [0.1, 0.15) is 71.5 Å². The van der Waals surface area contributed by atoms with Crippen molar-refractivity contribution in [2.24, 2.45) is 0 Å². The quantitative estimate of drug-likeness (QED) is 0.187. The number of furan rings is 1. The zero-order valence-corrected chi connectivity index (χ0v) is 25.2. The summed E-state index contributed by atoms with van der Waals surface area (Å²) in [7, 11) is 0. The van der Waals surface area contributed by atoms with Crippen molar-refractivity contribution >= 4 is 21.9 Å². The number of pyridine rings is 2. The summed E-state index contributed by atoms with van der Waals surface area (Å²) in [5, 5.41) is 2.44. The number of benzene rings is 3. The Morgan fingerprint density at radius 2 is 1.67 bits per heavy atom. The van der Waals surface area contributed by atoms with E-state index in [1.807, 2.05) is 0 Å². The van der Waals surface area contributed by atoms with Crippen LogP contribution >= 0.6 is 0 Å². The van der Waals surface area contributed by atoms with Gasteiger partial charge in [-0.15, -0.1) is 0 Å². The van der Waals surface area contributed by atoms with Crippen molar-refractivity contribution in [3.05, 3.63) is 119 Å². The number of hydrogen-bond acceptors (Lipinski definition) is 1. The molecule has 3 nitrogen and oxygen atoms in total. The van der Waals surface area contributed by atoms with Gasteiger partial charge in [0.2, 0.25) is 24.0 Å². The third-order valence-electron chi connectivity index (χ3n) is 9.87. The Balaban J connectivity index is 1.42. The normalized spacial score (nSPS) is 17.6. The Morgan fingerprint density at radius 3 is 2.52 bits per heavy atom. The van der Waals surface area contributed by atoms with Gasteiger partial charge in [0.25, 0.3) is 0 Å². The summed E-state index contributed by atoms with van der Waals surface area (Å²) >= 11 is 0. The van der Waals surface area contributed by atoms with E-state index < -0.39 is 0 Å². The van der Waals surface area contributed by atoms with E-state index in [2.05, 4.69) is 129 Å². The Labute approximate surface area is 248 Å². The highest BCUT2D eigenvalue weighted by atomic mass is 16.3. The molecule has 0 amide bonds. The summed E-state index contributed by atoms with van der Waals surface area (Å²) in [6.07, 6.45) is 6.74. The van der Waals surface area contributed by atoms with Gasteiger partial charge in [0.05, 0.1) is 11.5 Å². The minimum Gasteiger partial charge on any atom is -0.455 e. The second-order valence-electron chi connectivity index (χ2n) is 13.0. The molecule has 0 spiro atoms. The molecule has 5 heterocycles. The fourth-order valence-corrected chi connectivity index (χ4v) is 7.77. The van der Waals surface area contributed by atoms with Crippen LogP contribution in [0.5, 0.6) is 0 Å². The van der Waals surface area contributed by atoms with Crippen molar-refractivity contribution in [1.29, 1.82) is 0 Å². The monoisotopic (exact) mass is 550 g/mol. The molecule has 2 aliphatic heterocycles. The Hall–Kier alpha value is -4.24. The predicted molar refractivity (Wildman–Crippen MR) is 170 cm³/mol. The first-order chi connectivity index (χ1) is 20.4. The van der Waals surface area contributed by atoms with E-state index >= 15 is 0 Å². The number of hydrogen-bond donors (Lipinski definition) is 0. The minimum absolute atomic E-state index is 0.293. The molecule has 0 bridgehead atoms. The fourth-order valence-electron chi connectivity index (χ4n) is 7.77. The van der Waals surface area contributed by atoms with Crippen LogP contribution in [0.2, 0.25) is 0 Å². The summed E-state index contributed by atoms with van der Waals surface area (Å²) < 4.78 is 11.8. The third kappa shape index (κ3) is 3.79. The fraction of sp³-hybridized carbons (Fsp3) is 0.282. The van der Waals surface area contributed by atoms with Crippen LogP contribution in [-0.2, 0) is 13.0 Å². The molecule has 0 radical (unpaired) electrons. The zero-order chi connectivity index (χ0) is 28.7. The van der Waals surface area contributed by atoms with E-state index in [4.69, 9.17) is 4.42 Å². The van der Waals surface area contributed by atoms with E-state index in [1.165, 1.54) is 66.7 Å². The number of rotatable bonds is 1. The summed E-state index contributed by atoms with van der Waals surface area (Å²) in [4.78, 5) is 0. The molecule has 0 saturated carbocycles. The van der Waals surface area contributed by atoms with Crippen molar-refractivity contribution in [1.82, 2.24) is 0 Å². The Bertz CT molecular complexity index is 2050. The second kappa shape index (κ2) is 9.39. The number of aryl methyl sites for hydroxylation is 4. The lowest BCUT2D eigenvalue weighted by molar-refractivity contribution is -0.792. The molecular weight excluding hydrogens is 512 g/mol. The molecule has 3 aromatic carbocycles. The van der Waals surface area contributed by atoms with E-state index in [0.717, 1.165) is 30.6 Å². The van der Waals surface area contributed by atoms with Gasteiger partial charge in [-0.1, -0.05) is 37.6 Å². The summed E-state index contributed by atoms with van der Waals surface area (Å²) in [5.41, 5.74) is 15.5. The van der Waals surface area contributed by atoms with Gasteiger partial charge in [-0.3, -0.25) is 0 Å². The van der Waals surface area contributed by atoms with Crippen LogP contribution in [0.4, 0.5) is 0 Å². The first-order valence-electron chi connectivity index (χ1n) is 15.5. The third-order valence-corrected chi connectivity index (χ3v) is 9.87. The molecule has 2 aliphatic rings. The molecule has 3 heteroatoms. The molecule has 6 aromatic rings. The molecule has 0 fully saturated rings. The summed E-state index contributed by atoms with van der Waals surface area (Å²) in [5.74, 6) is 0.862. The maximum atomic E-state index is 6.75. The maximum absolute atomic E-state index is 6.75. The minimum atomic E-state index is 0.293. The Kier molecular flexibility index (Phi) is 5.69. The SMILES string of the molecule is Cc1cc[n+]2c(c1)-c1c(c(C)cc3c1oc1ccc(C)cc13)C1CCc3cc(C(C)C)ccc3-c3cccc[n+]3CC12. The molecular formula is C39H38N2O+2. The van der Waals surface area contributed by atoms with Gasteiger partial charge >= 0.3 is 0 Å². The highest BCUT2D eigenvalue weighted by Gasteiger charge is 2.45. The van der Waals surface area contributed by atoms with E-state index in [9.17, 15) is 0 Å². The van der Waals surface area contributed by atoms with Gasteiger partial charge in [-0.2, -0.15) is 9.13 Å². The van der Waals surface area contributed by atoms with Crippen LogP contribution in [-0.4, -0.2) is 0 Å². The first-order valence-corrected chi connectivity index (χ1v) is 15.5. The van der Waals surface area contributed by atoms with Gasteiger partial charge in [0.15, 0.2) is 12.4 Å². The summed E-state index contributed by atoms with van der Waals surface area (Å²) in [6.45, 7) is 12.2. The van der Waals surface area contributed by atoms with Crippen LogP contribution in [0.15, 0.2) is 89.6 Å². The summed E-state index contributed by atoms with van der Waals surface area (Å²) in [6, 6.07) is 27.8. The number of fused-ring (bicyclic) bond motifs is 13. The molecule has 8 rings (SSSR count). The van der Waals surface area contributed by atoms with Crippen LogP contribution in [0, 0.1) is 20.8 Å². The van der Waals surface area contributed by atoms with Crippen LogP contribution in [0.3, 0.4) is 0 Å². The first kappa shape index (κ1) is 25.5. The van der Waals surface area contributed by atoms with Gasteiger partial charge in [0.1, 0.15) is 11.2 Å². The molecule has 208 valence electrons. The molecule has 0 aliphatic carbocycles. The smallest absolute Gasteiger partial charge is 0.223 e. The topological polar surface area (TPSA) is 20.9 Å². The average molecular weight is 551 g/mol. The lowest BCUT2D eigenvalue weighted by Crippen LogP contribution is -2.54. The predicted octanol–water partition coefficient (Wildman–Crippen LogP) is 8.83. The van der Waals surface area contributed by atoms with Crippen molar-refractivity contribution in [3.63, 3.8) is 0 Å². The van der Waals surface area contributed by atoms with E-state index in [0.29, 0.717) is 17.9 Å². The van der Waals surface area contributed by atoms with Crippen LogP contribution in [0.25, 0.3) is 44.5 Å². The van der Waals surface area contributed by atoms with Crippen molar-refractivity contribution in [3.8, 4) is 22.5 Å². The number of nitrogens with zero attached hydrogens (tertiary/aromatic N) is 2. The maximum Gasteiger partial charge on any atom is 0.223 e. The molecule has 2 unspecified atom stereocenters. The average Bonchev–Trinajstić information content (AvgIpc) is 3.36. The second-order valence-corrected chi connectivity index (χ2v) is 13.0. The standard InChI is InChI=1S/C39H38N2O/c1-23(2)27-10-12-29-28(21-27)11-13-30-35(22-40-16-7-6-8-33(29)40)41-17-15-25(4)19-34(41)38-37(30)26(5)20-32-31-18-24(3)9-14-36(31)42-39(32)38/h6-10,12,14-21,23,30,35H,11,13,22H2,1-5H3/q+2. The largest absolute Gasteiger partial charge is 0.455 e. The highest BCUT2D eigenvalue weighted by molar-refractivity contribution is 6.10. The number of aromatic nitrogens is 2. The van der Waals surface area contributed by atoms with Crippen molar-refractivity contribution < 1.29 is 13.6 Å². The van der Waals surface area contributed by atoms with Gasteiger partial charge in [-0.25, -0.2) is 0 Å². The lowest BCUT2D eigenvalue weighted by atomic mass is 9.76. The molecule has 0 saturated heterocycles. The van der Waals surface area contributed by atoms with E-state index in [-0.39, 0.29) is 0 Å². The van der Waals surface area contributed by atoms with E-state index in [1.54, 1.807) is 0 Å². The van der Waals surface area contributed by atoms with Crippen LogP contribution < -0.4 is 9.13 Å². The Morgan fingerprint density at radius 1 is 0.810 bits per heavy atom. The van der Waals surface area contributed by atoms with Gasteiger partial charge in [0, 0.05) is 40.6 Å². The van der Waals surface area contributed by atoms with Gasteiger partial charge in [-0.05, 0) is 97.7 Å². The molecule has 2 atom stereocenters. The van der Waals surface area contributed by atoms with Crippen molar-refractivity contribution in [2.75, 3.05) is 0 Å². The lowest BCUT2D eigenvalue weighted by Gasteiger charge is -2.30. The highest BCUT2D eigenvalue weighted by Crippen LogP contribution is 2.48. The molecule has 0 N–H and O–H groups in total. The van der Waals surface area contributed by atoms with Crippen molar-refractivity contribution in [2.45, 2.75) is 71.9 Å². The zero-order valence-electron chi connectivity index (χ0n) is 25.2. The molecule has 42 heavy (non-hydrogen) atoms.